The van der Waals surface area contributed by atoms with Gasteiger partial charge in [0, 0.05) is 38.6 Å². The number of aryl methyl sites for hydroxylation is 1. The average molecular weight is 352 g/mol. The van der Waals surface area contributed by atoms with Gasteiger partial charge in [-0.1, -0.05) is 0 Å². The second-order valence-electron chi connectivity index (χ2n) is 6.08. The molecule has 1 fully saturated rings. The normalized spacial score (nSPS) is 17.2. The summed E-state index contributed by atoms with van der Waals surface area (Å²) in [6.45, 7) is 2.38. The van der Waals surface area contributed by atoms with Crippen LogP contribution in [0.15, 0.2) is 41.6 Å². The molecule has 2 aromatic rings. The van der Waals surface area contributed by atoms with E-state index in [-0.39, 0.29) is 10.9 Å². The highest BCUT2D eigenvalue weighted by molar-refractivity contribution is 7.89. The first kappa shape index (κ1) is 17.1. The maximum absolute atomic E-state index is 12.9. The Morgan fingerprint density at radius 1 is 1.25 bits per heavy atom. The molecule has 130 valence electrons. The lowest BCUT2D eigenvalue weighted by Gasteiger charge is -2.31. The number of hydrogen-bond acceptors (Lipinski definition) is 4. The van der Waals surface area contributed by atoms with Crippen molar-refractivity contribution in [3.8, 4) is 0 Å². The Kier molecular flexibility index (Phi) is 4.98. The third-order valence-corrected chi connectivity index (χ3v) is 5.86. The quantitative estimate of drug-likeness (QED) is 0.886. The lowest BCUT2D eigenvalue weighted by atomic mass is 10.1. The summed E-state index contributed by atoms with van der Waals surface area (Å²) in [7, 11) is -1.64. The average Bonchev–Trinajstić information content (AvgIpc) is 2.94. The molecule has 0 saturated carbocycles. The summed E-state index contributed by atoms with van der Waals surface area (Å²) in [5.41, 5.74) is 0. The molecular formula is C16H21FN4O2S. The van der Waals surface area contributed by atoms with Crippen molar-refractivity contribution in [1.29, 1.82) is 0 Å². The first-order valence-electron chi connectivity index (χ1n) is 7.90. The van der Waals surface area contributed by atoms with Crippen LogP contribution in [0, 0.1) is 5.82 Å². The van der Waals surface area contributed by atoms with Crippen LogP contribution in [0.2, 0.25) is 0 Å². The molecule has 3 rings (SSSR count). The lowest BCUT2D eigenvalue weighted by molar-refractivity contribution is 0.194. The van der Waals surface area contributed by atoms with E-state index in [1.807, 2.05) is 17.8 Å². The van der Waals surface area contributed by atoms with Gasteiger partial charge in [-0.25, -0.2) is 22.5 Å². The predicted octanol–water partition coefficient (Wildman–Crippen LogP) is 1.50. The van der Waals surface area contributed by atoms with Crippen molar-refractivity contribution < 1.29 is 12.8 Å². The minimum absolute atomic E-state index is 0.0966. The van der Waals surface area contributed by atoms with E-state index in [0.717, 1.165) is 50.4 Å². The Morgan fingerprint density at radius 3 is 2.50 bits per heavy atom. The molecule has 1 aliphatic rings. The first-order valence-corrected chi connectivity index (χ1v) is 9.39. The first-order chi connectivity index (χ1) is 11.4. The molecular weight excluding hydrogens is 331 g/mol. The molecule has 0 atom stereocenters. The fourth-order valence-corrected chi connectivity index (χ4v) is 4.16. The minimum atomic E-state index is -3.60. The van der Waals surface area contributed by atoms with E-state index in [0.29, 0.717) is 0 Å². The number of aromatic nitrogens is 2. The molecule has 6 nitrogen and oxygen atoms in total. The summed E-state index contributed by atoms with van der Waals surface area (Å²) in [6, 6.07) is 4.79. The van der Waals surface area contributed by atoms with Crippen LogP contribution in [-0.2, 0) is 23.6 Å². The number of hydrogen-bond donors (Lipinski definition) is 1. The van der Waals surface area contributed by atoms with Gasteiger partial charge in [0.1, 0.15) is 11.6 Å². The van der Waals surface area contributed by atoms with Crippen molar-refractivity contribution in [2.75, 3.05) is 13.1 Å². The summed E-state index contributed by atoms with van der Waals surface area (Å²) in [5, 5.41) is 0. The van der Waals surface area contributed by atoms with E-state index >= 15 is 0 Å². The largest absolute Gasteiger partial charge is 0.337 e. The second-order valence-corrected chi connectivity index (χ2v) is 7.79. The standard InChI is InChI=1S/C16H21FN4O2S/c1-20-11-8-18-16(20)12-21-9-6-14(7-10-21)19-24(22,23)15-4-2-13(17)3-5-15/h2-5,8,11,14,19H,6-7,9-10,12H2,1H3. The zero-order chi connectivity index (χ0) is 17.2. The Labute approximate surface area is 141 Å². The minimum Gasteiger partial charge on any atom is -0.337 e. The molecule has 0 radical (unpaired) electrons. The van der Waals surface area contributed by atoms with Gasteiger partial charge in [-0.05, 0) is 37.1 Å². The number of piperidine rings is 1. The van der Waals surface area contributed by atoms with Crippen LogP contribution in [0.5, 0.6) is 0 Å². The lowest BCUT2D eigenvalue weighted by Crippen LogP contribution is -2.44. The van der Waals surface area contributed by atoms with E-state index in [1.54, 1.807) is 6.20 Å². The zero-order valence-electron chi connectivity index (χ0n) is 13.5. The van der Waals surface area contributed by atoms with E-state index in [4.69, 9.17) is 0 Å². The van der Waals surface area contributed by atoms with E-state index < -0.39 is 15.8 Å². The van der Waals surface area contributed by atoms with Crippen LogP contribution in [0.1, 0.15) is 18.7 Å². The van der Waals surface area contributed by atoms with Gasteiger partial charge >= 0.3 is 0 Å². The maximum atomic E-state index is 12.9. The molecule has 2 heterocycles. The summed E-state index contributed by atoms with van der Waals surface area (Å²) < 4.78 is 42.3. The zero-order valence-corrected chi connectivity index (χ0v) is 14.3. The van der Waals surface area contributed by atoms with Gasteiger partial charge < -0.3 is 4.57 Å². The topological polar surface area (TPSA) is 67.2 Å². The number of halogens is 1. The Balaban J connectivity index is 1.55. The number of likely N-dealkylation sites (tertiary alicyclic amines) is 1. The fraction of sp³-hybridized carbons (Fsp3) is 0.438. The van der Waals surface area contributed by atoms with Crippen molar-refractivity contribution in [2.45, 2.75) is 30.3 Å². The number of rotatable bonds is 5. The number of benzene rings is 1. The van der Waals surface area contributed by atoms with Crippen LogP contribution in [0.3, 0.4) is 0 Å². The molecule has 1 aliphatic heterocycles. The summed E-state index contributed by atoms with van der Waals surface area (Å²) in [4.78, 5) is 6.68. The second kappa shape index (κ2) is 7.00. The van der Waals surface area contributed by atoms with Gasteiger partial charge in [-0.15, -0.1) is 0 Å². The van der Waals surface area contributed by atoms with Gasteiger partial charge in [0.15, 0.2) is 0 Å². The maximum Gasteiger partial charge on any atom is 0.240 e. The van der Waals surface area contributed by atoms with Crippen LogP contribution >= 0.6 is 0 Å². The van der Waals surface area contributed by atoms with Gasteiger partial charge in [0.05, 0.1) is 11.4 Å². The molecule has 0 bridgehead atoms. The molecule has 0 spiro atoms. The van der Waals surface area contributed by atoms with Gasteiger partial charge in [0.25, 0.3) is 0 Å². The molecule has 1 aromatic carbocycles. The van der Waals surface area contributed by atoms with Gasteiger partial charge in [0.2, 0.25) is 10.0 Å². The SMILES string of the molecule is Cn1ccnc1CN1CCC(NS(=O)(=O)c2ccc(F)cc2)CC1. The Hall–Kier alpha value is -1.77. The van der Waals surface area contributed by atoms with E-state index in [9.17, 15) is 12.8 Å². The Morgan fingerprint density at radius 2 is 1.92 bits per heavy atom. The van der Waals surface area contributed by atoms with Gasteiger partial charge in [-0.2, -0.15) is 0 Å². The molecule has 0 amide bonds. The fourth-order valence-electron chi connectivity index (χ4n) is 2.86. The third-order valence-electron chi connectivity index (χ3n) is 4.32. The predicted molar refractivity (Wildman–Crippen MR) is 88.2 cm³/mol. The number of sulfonamides is 1. The molecule has 1 N–H and O–H groups in total. The summed E-state index contributed by atoms with van der Waals surface area (Å²) >= 11 is 0. The van der Waals surface area contributed by atoms with Crippen molar-refractivity contribution in [2.24, 2.45) is 7.05 Å². The summed E-state index contributed by atoms with van der Waals surface area (Å²) in [5.74, 6) is 0.553. The van der Waals surface area contributed by atoms with Crippen molar-refractivity contribution in [3.63, 3.8) is 0 Å². The number of nitrogens with zero attached hydrogens (tertiary/aromatic N) is 3. The Bertz CT molecular complexity index is 781. The van der Waals surface area contributed by atoms with E-state index in [1.165, 1.54) is 12.1 Å². The highest BCUT2D eigenvalue weighted by Crippen LogP contribution is 2.16. The molecule has 0 unspecified atom stereocenters. The van der Waals surface area contributed by atoms with E-state index in [2.05, 4.69) is 14.6 Å². The molecule has 1 aromatic heterocycles. The van der Waals surface area contributed by atoms with Crippen LogP contribution in [0.25, 0.3) is 0 Å². The van der Waals surface area contributed by atoms with Gasteiger partial charge in [-0.3, -0.25) is 4.90 Å². The van der Waals surface area contributed by atoms with Crippen LogP contribution < -0.4 is 4.72 Å². The highest BCUT2D eigenvalue weighted by atomic mass is 32.2. The monoisotopic (exact) mass is 352 g/mol. The molecule has 0 aliphatic carbocycles. The number of nitrogens with one attached hydrogen (secondary N) is 1. The van der Waals surface area contributed by atoms with Crippen molar-refractivity contribution in [1.82, 2.24) is 19.2 Å². The van der Waals surface area contributed by atoms with Crippen molar-refractivity contribution in [3.05, 3.63) is 48.3 Å². The molecule has 8 heteroatoms. The highest BCUT2D eigenvalue weighted by Gasteiger charge is 2.25. The molecule has 24 heavy (non-hydrogen) atoms. The third kappa shape index (κ3) is 4.00. The summed E-state index contributed by atoms with van der Waals surface area (Å²) in [6.07, 6.45) is 5.17. The molecule has 1 saturated heterocycles. The smallest absolute Gasteiger partial charge is 0.240 e. The van der Waals surface area contributed by atoms with Crippen LogP contribution in [0.4, 0.5) is 4.39 Å². The van der Waals surface area contributed by atoms with Crippen molar-refractivity contribution >= 4 is 10.0 Å². The number of imidazole rings is 1. The van der Waals surface area contributed by atoms with Crippen LogP contribution in [-0.4, -0.2) is 42.0 Å².